The predicted molar refractivity (Wildman–Crippen MR) is 70.6 cm³/mol. The molecule has 19 heavy (non-hydrogen) atoms. The topological polar surface area (TPSA) is 72.6 Å². The van der Waals surface area contributed by atoms with Gasteiger partial charge in [-0.15, -0.1) is 0 Å². The highest BCUT2D eigenvalue weighted by Gasteiger charge is 2.27. The smallest absolute Gasteiger partial charge is 0.233 e. The highest BCUT2D eigenvalue weighted by Crippen LogP contribution is 2.15. The van der Waals surface area contributed by atoms with E-state index >= 15 is 0 Å². The van der Waals surface area contributed by atoms with Crippen molar-refractivity contribution in [3.63, 3.8) is 0 Å². The first-order valence-electron chi connectivity index (χ1n) is 6.32. The van der Waals surface area contributed by atoms with Gasteiger partial charge in [0.25, 0.3) is 0 Å². The Morgan fingerprint density at radius 3 is 2.68 bits per heavy atom. The van der Waals surface area contributed by atoms with Crippen LogP contribution >= 0.6 is 0 Å². The first kappa shape index (κ1) is 13.5. The summed E-state index contributed by atoms with van der Waals surface area (Å²) in [5.41, 5.74) is 6.57. The largest absolute Gasteiger partial charge is 0.497 e. The number of rotatable bonds is 3. The fourth-order valence-electron chi connectivity index (χ4n) is 2.13. The van der Waals surface area contributed by atoms with Crippen LogP contribution in [-0.4, -0.2) is 36.4 Å². The number of carbonyl (C=O) groups is 2. The molecule has 2 rings (SSSR count). The number of benzene rings is 1. The summed E-state index contributed by atoms with van der Waals surface area (Å²) in [5.74, 6) is 0.413. The summed E-state index contributed by atoms with van der Waals surface area (Å²) in [4.78, 5) is 25.1. The number of amides is 2. The Morgan fingerprint density at radius 1 is 1.42 bits per heavy atom. The molecule has 1 heterocycles. The Bertz CT molecular complexity index is 470. The van der Waals surface area contributed by atoms with Crippen LogP contribution in [0.25, 0.3) is 0 Å². The zero-order chi connectivity index (χ0) is 13.8. The van der Waals surface area contributed by atoms with Gasteiger partial charge in [0.1, 0.15) is 5.75 Å². The van der Waals surface area contributed by atoms with Crippen molar-refractivity contribution in [1.82, 2.24) is 4.90 Å². The van der Waals surface area contributed by atoms with Gasteiger partial charge in [0.15, 0.2) is 0 Å². The third-order valence-electron chi connectivity index (χ3n) is 3.28. The summed E-state index contributed by atoms with van der Waals surface area (Å²) < 4.78 is 5.06. The number of piperidine rings is 1. The average molecular weight is 262 g/mol. The second-order valence-electron chi connectivity index (χ2n) is 4.72. The van der Waals surface area contributed by atoms with Crippen LogP contribution in [0.2, 0.25) is 0 Å². The van der Waals surface area contributed by atoms with Gasteiger partial charge in [0.05, 0.1) is 13.5 Å². The first-order chi connectivity index (χ1) is 9.10. The van der Waals surface area contributed by atoms with Crippen molar-refractivity contribution in [3.8, 4) is 5.75 Å². The van der Waals surface area contributed by atoms with E-state index in [0.717, 1.165) is 11.3 Å². The molecule has 0 radical (unpaired) electrons. The van der Waals surface area contributed by atoms with E-state index in [1.165, 1.54) is 4.90 Å². The van der Waals surface area contributed by atoms with Crippen molar-refractivity contribution in [2.75, 3.05) is 13.7 Å². The second kappa shape index (κ2) is 5.84. The molecular weight excluding hydrogens is 244 g/mol. The third-order valence-corrected chi connectivity index (χ3v) is 3.28. The molecule has 1 aromatic carbocycles. The van der Waals surface area contributed by atoms with Gasteiger partial charge >= 0.3 is 0 Å². The van der Waals surface area contributed by atoms with Gasteiger partial charge in [-0.25, -0.2) is 0 Å². The van der Waals surface area contributed by atoms with E-state index in [1.54, 1.807) is 19.2 Å². The number of nitrogens with two attached hydrogens (primary N) is 1. The average Bonchev–Trinajstić information content (AvgIpc) is 2.39. The third kappa shape index (κ3) is 3.32. The van der Waals surface area contributed by atoms with E-state index in [1.807, 2.05) is 12.1 Å². The molecule has 1 aromatic rings. The predicted octanol–water partition coefficient (Wildman–Crippen LogP) is 0.714. The van der Waals surface area contributed by atoms with E-state index < -0.39 is 0 Å². The summed E-state index contributed by atoms with van der Waals surface area (Å²) in [5, 5.41) is 0. The molecule has 102 valence electrons. The van der Waals surface area contributed by atoms with E-state index in [2.05, 4.69) is 0 Å². The molecule has 5 nitrogen and oxygen atoms in total. The molecule has 1 unspecified atom stereocenters. The normalized spacial score (nSPS) is 19.4. The van der Waals surface area contributed by atoms with Gasteiger partial charge in [-0.1, -0.05) is 12.1 Å². The molecule has 0 spiro atoms. The Labute approximate surface area is 112 Å². The minimum atomic E-state index is -0.169. The number of methoxy groups -OCH3 is 1. The Morgan fingerprint density at radius 2 is 2.11 bits per heavy atom. The monoisotopic (exact) mass is 262 g/mol. The lowest BCUT2D eigenvalue weighted by molar-refractivity contribution is -0.146. The molecule has 1 aliphatic heterocycles. The van der Waals surface area contributed by atoms with E-state index in [-0.39, 0.29) is 30.7 Å². The molecule has 0 saturated carbocycles. The number of ether oxygens (including phenoxy) is 1. The summed E-state index contributed by atoms with van der Waals surface area (Å²) in [6.45, 7) is 0.426. The molecule has 1 atom stereocenters. The van der Waals surface area contributed by atoms with Crippen LogP contribution in [0.4, 0.5) is 0 Å². The van der Waals surface area contributed by atoms with E-state index in [9.17, 15) is 9.59 Å². The van der Waals surface area contributed by atoms with Gasteiger partial charge in [-0.3, -0.25) is 14.5 Å². The zero-order valence-electron chi connectivity index (χ0n) is 11.0. The maximum absolute atomic E-state index is 12.1. The van der Waals surface area contributed by atoms with Crippen LogP contribution < -0.4 is 10.5 Å². The molecule has 1 saturated heterocycles. The van der Waals surface area contributed by atoms with Crippen LogP contribution in [0.15, 0.2) is 24.3 Å². The van der Waals surface area contributed by atoms with Crippen LogP contribution in [-0.2, 0) is 16.0 Å². The van der Waals surface area contributed by atoms with Crippen LogP contribution in [0.3, 0.4) is 0 Å². The van der Waals surface area contributed by atoms with Crippen molar-refractivity contribution in [2.45, 2.75) is 25.3 Å². The molecule has 1 aliphatic rings. The van der Waals surface area contributed by atoms with Crippen LogP contribution in [0.1, 0.15) is 18.4 Å². The zero-order valence-corrected chi connectivity index (χ0v) is 11.0. The van der Waals surface area contributed by atoms with Crippen molar-refractivity contribution in [3.05, 3.63) is 29.8 Å². The van der Waals surface area contributed by atoms with Gasteiger partial charge in [-0.05, 0) is 24.1 Å². The van der Waals surface area contributed by atoms with Gasteiger partial charge < -0.3 is 10.5 Å². The molecule has 2 N–H and O–H groups in total. The maximum atomic E-state index is 12.1. The highest BCUT2D eigenvalue weighted by molar-refractivity contribution is 5.96. The minimum absolute atomic E-state index is 0.113. The summed E-state index contributed by atoms with van der Waals surface area (Å²) in [6, 6.07) is 7.15. The summed E-state index contributed by atoms with van der Waals surface area (Å²) >= 11 is 0. The number of nitrogens with zero attached hydrogens (tertiary/aromatic N) is 1. The lowest BCUT2D eigenvalue weighted by Crippen LogP contribution is -2.47. The van der Waals surface area contributed by atoms with E-state index in [4.69, 9.17) is 10.5 Å². The van der Waals surface area contributed by atoms with E-state index in [0.29, 0.717) is 13.0 Å². The van der Waals surface area contributed by atoms with Gasteiger partial charge in [0.2, 0.25) is 11.8 Å². The number of imide groups is 1. The fraction of sp³-hybridized carbons (Fsp3) is 0.429. The van der Waals surface area contributed by atoms with Crippen LogP contribution in [0, 0.1) is 0 Å². The molecule has 5 heteroatoms. The van der Waals surface area contributed by atoms with Crippen LogP contribution in [0.5, 0.6) is 5.75 Å². The van der Waals surface area contributed by atoms with Gasteiger partial charge in [-0.2, -0.15) is 0 Å². The molecule has 0 aliphatic carbocycles. The van der Waals surface area contributed by atoms with Crippen molar-refractivity contribution in [1.29, 1.82) is 0 Å². The fourth-order valence-corrected chi connectivity index (χ4v) is 2.13. The van der Waals surface area contributed by atoms with Gasteiger partial charge in [0, 0.05) is 19.0 Å². The maximum Gasteiger partial charge on any atom is 0.233 e. The summed E-state index contributed by atoms with van der Waals surface area (Å²) in [6.07, 6.45) is 1.17. The molecule has 1 fully saturated rings. The molecule has 2 amide bonds. The number of hydrogen-bond acceptors (Lipinski definition) is 4. The highest BCUT2D eigenvalue weighted by atomic mass is 16.5. The lowest BCUT2D eigenvalue weighted by Gasteiger charge is -2.28. The van der Waals surface area contributed by atoms with Crippen molar-refractivity contribution < 1.29 is 14.3 Å². The second-order valence-corrected chi connectivity index (χ2v) is 4.72. The first-order valence-corrected chi connectivity index (χ1v) is 6.32. The lowest BCUT2D eigenvalue weighted by atomic mass is 10.0. The molecule has 0 bridgehead atoms. The Hall–Kier alpha value is -1.88. The Balaban J connectivity index is 1.98. The molecule has 0 aromatic heterocycles. The Kier molecular flexibility index (Phi) is 4.16. The minimum Gasteiger partial charge on any atom is -0.497 e. The number of likely N-dealkylation sites (tertiary alicyclic amines) is 1. The standard InChI is InChI=1S/C14H18N2O3/c1-19-12-4-2-10(3-5-12)8-13(17)16-7-6-11(15)9-14(16)18/h2-5,11H,6-9,15H2,1H3. The number of hydrogen-bond donors (Lipinski definition) is 1. The number of carbonyl (C=O) groups excluding carboxylic acids is 2. The van der Waals surface area contributed by atoms with Crippen molar-refractivity contribution >= 4 is 11.8 Å². The van der Waals surface area contributed by atoms with Crippen molar-refractivity contribution in [2.24, 2.45) is 5.73 Å². The SMILES string of the molecule is COc1ccc(CC(=O)N2CCC(N)CC2=O)cc1. The summed E-state index contributed by atoms with van der Waals surface area (Å²) in [7, 11) is 1.59. The molecular formula is C14H18N2O3. The quantitative estimate of drug-likeness (QED) is 0.871.